The summed E-state index contributed by atoms with van der Waals surface area (Å²) in [5.74, 6) is -1.28. The molecule has 0 unspecified atom stereocenters. The van der Waals surface area contributed by atoms with Crippen molar-refractivity contribution in [2.45, 2.75) is 13.8 Å². The second-order valence-electron chi connectivity index (χ2n) is 5.73. The molecule has 0 N–H and O–H groups in total. The molecule has 1 aliphatic heterocycles. The molecule has 1 aliphatic rings. The Morgan fingerprint density at radius 2 is 1.56 bits per heavy atom. The van der Waals surface area contributed by atoms with Crippen molar-refractivity contribution in [3.05, 3.63) is 63.1 Å². The quantitative estimate of drug-likeness (QED) is 0.763. The third-order valence-electron chi connectivity index (χ3n) is 4.08. The zero-order chi connectivity index (χ0) is 18.3. The van der Waals surface area contributed by atoms with Gasteiger partial charge in [0.05, 0.1) is 21.2 Å². The van der Waals surface area contributed by atoms with Crippen molar-refractivity contribution in [3.63, 3.8) is 0 Å². The number of hydrogen-bond donors (Lipinski definition) is 0. The maximum absolute atomic E-state index is 12.6. The maximum atomic E-state index is 12.6. The smallest absolute Gasteiger partial charge is 0.263 e. The van der Waals surface area contributed by atoms with Crippen molar-refractivity contribution in [1.82, 2.24) is 4.90 Å². The summed E-state index contributed by atoms with van der Waals surface area (Å²) in [5.41, 5.74) is 1.88. The molecule has 7 heteroatoms. The van der Waals surface area contributed by atoms with E-state index in [1.54, 1.807) is 12.1 Å². The predicted octanol–water partition coefficient (Wildman–Crippen LogP) is 3.91. The van der Waals surface area contributed by atoms with Crippen LogP contribution in [0.5, 0.6) is 0 Å². The maximum Gasteiger partial charge on any atom is 0.263 e. The van der Waals surface area contributed by atoms with Crippen molar-refractivity contribution in [2.75, 3.05) is 11.6 Å². The first-order valence-corrected chi connectivity index (χ1v) is 8.26. The van der Waals surface area contributed by atoms with Crippen LogP contribution in [0.25, 0.3) is 0 Å². The van der Waals surface area contributed by atoms with Crippen LogP contribution in [0.3, 0.4) is 0 Å². The molecule has 128 valence electrons. The molecule has 3 rings (SSSR count). The number of benzene rings is 2. The SMILES string of the molecule is CC(=O)N(CN1C(=O)c2cc(Cl)c(Cl)cc2C1=O)c1ccccc1C. The van der Waals surface area contributed by atoms with E-state index in [1.807, 2.05) is 19.1 Å². The number of anilines is 1. The van der Waals surface area contributed by atoms with Crippen LogP contribution in [-0.2, 0) is 4.79 Å². The van der Waals surface area contributed by atoms with E-state index in [9.17, 15) is 14.4 Å². The number of nitrogens with zero attached hydrogens (tertiary/aromatic N) is 2. The van der Waals surface area contributed by atoms with Crippen LogP contribution in [0.2, 0.25) is 10.0 Å². The summed E-state index contributed by atoms with van der Waals surface area (Å²) in [6.45, 7) is 3.06. The Balaban J connectivity index is 1.97. The highest BCUT2D eigenvalue weighted by Crippen LogP contribution is 2.32. The minimum Gasteiger partial charge on any atom is -0.294 e. The Labute approximate surface area is 154 Å². The third kappa shape index (κ3) is 3.01. The van der Waals surface area contributed by atoms with Crippen molar-refractivity contribution in [3.8, 4) is 0 Å². The lowest BCUT2D eigenvalue weighted by molar-refractivity contribution is -0.116. The monoisotopic (exact) mass is 376 g/mol. The minimum atomic E-state index is -0.501. The average molecular weight is 377 g/mol. The van der Waals surface area contributed by atoms with E-state index in [0.29, 0.717) is 5.69 Å². The normalized spacial score (nSPS) is 13.2. The first-order valence-electron chi connectivity index (χ1n) is 7.50. The van der Waals surface area contributed by atoms with Gasteiger partial charge in [0.25, 0.3) is 11.8 Å². The molecule has 0 saturated heterocycles. The molecule has 0 fully saturated rings. The van der Waals surface area contributed by atoms with Crippen molar-refractivity contribution < 1.29 is 14.4 Å². The number of hydrogen-bond acceptors (Lipinski definition) is 3. The van der Waals surface area contributed by atoms with Gasteiger partial charge in [-0.15, -0.1) is 0 Å². The second kappa shape index (κ2) is 6.50. The molecule has 2 aromatic rings. The number of aryl methyl sites for hydroxylation is 1. The van der Waals surface area contributed by atoms with Gasteiger partial charge in [-0.3, -0.25) is 24.2 Å². The predicted molar refractivity (Wildman–Crippen MR) is 96.2 cm³/mol. The molecule has 0 aliphatic carbocycles. The average Bonchev–Trinajstić information content (AvgIpc) is 2.78. The zero-order valence-corrected chi connectivity index (χ0v) is 15.1. The Bertz CT molecular complexity index is 870. The Morgan fingerprint density at radius 3 is 2.04 bits per heavy atom. The van der Waals surface area contributed by atoms with Gasteiger partial charge in [0.2, 0.25) is 5.91 Å². The molecule has 0 bridgehead atoms. The topological polar surface area (TPSA) is 57.7 Å². The summed E-state index contributed by atoms with van der Waals surface area (Å²) in [6.07, 6.45) is 0. The molecule has 0 saturated carbocycles. The second-order valence-corrected chi connectivity index (χ2v) is 6.54. The Hall–Kier alpha value is -2.37. The van der Waals surface area contributed by atoms with E-state index in [1.165, 1.54) is 24.0 Å². The zero-order valence-electron chi connectivity index (χ0n) is 13.5. The Kier molecular flexibility index (Phi) is 4.54. The van der Waals surface area contributed by atoms with Gasteiger partial charge in [0, 0.05) is 12.6 Å². The number of amides is 3. The van der Waals surface area contributed by atoms with Crippen LogP contribution in [0, 0.1) is 6.92 Å². The number of halogens is 2. The van der Waals surface area contributed by atoms with E-state index >= 15 is 0 Å². The van der Waals surface area contributed by atoms with E-state index in [-0.39, 0.29) is 33.7 Å². The lowest BCUT2D eigenvalue weighted by Crippen LogP contribution is -2.43. The standard InChI is InChI=1S/C18H14Cl2N2O3/c1-10-5-3-4-6-16(10)21(11(2)23)9-22-17(24)12-7-14(19)15(20)8-13(12)18(22)25/h3-8H,9H2,1-2H3. The van der Waals surface area contributed by atoms with Crippen molar-refractivity contribution in [2.24, 2.45) is 0 Å². The first kappa shape index (κ1) is 17.5. The fraction of sp³-hybridized carbons (Fsp3) is 0.167. The summed E-state index contributed by atoms with van der Waals surface area (Å²) >= 11 is 11.9. The van der Waals surface area contributed by atoms with Gasteiger partial charge < -0.3 is 0 Å². The summed E-state index contributed by atoms with van der Waals surface area (Å²) < 4.78 is 0. The molecule has 0 atom stereocenters. The highest BCUT2D eigenvalue weighted by atomic mass is 35.5. The number of carbonyl (C=O) groups is 3. The summed E-state index contributed by atoms with van der Waals surface area (Å²) in [5, 5.41) is 0.400. The lowest BCUT2D eigenvalue weighted by atomic mass is 10.1. The van der Waals surface area contributed by atoms with E-state index < -0.39 is 11.8 Å². The molecule has 3 amide bonds. The molecule has 0 spiro atoms. The lowest BCUT2D eigenvalue weighted by Gasteiger charge is -2.27. The molecule has 0 aromatic heterocycles. The highest BCUT2D eigenvalue weighted by Gasteiger charge is 2.38. The molecule has 25 heavy (non-hydrogen) atoms. The van der Waals surface area contributed by atoms with Crippen molar-refractivity contribution >= 4 is 46.6 Å². The van der Waals surface area contributed by atoms with E-state index in [0.717, 1.165) is 10.5 Å². The van der Waals surface area contributed by atoms with Crippen LogP contribution in [0.4, 0.5) is 5.69 Å². The van der Waals surface area contributed by atoms with Crippen LogP contribution >= 0.6 is 23.2 Å². The van der Waals surface area contributed by atoms with Gasteiger partial charge in [-0.1, -0.05) is 41.4 Å². The van der Waals surface area contributed by atoms with E-state index in [4.69, 9.17) is 23.2 Å². The molecule has 5 nitrogen and oxygen atoms in total. The largest absolute Gasteiger partial charge is 0.294 e. The van der Waals surface area contributed by atoms with Gasteiger partial charge in [-0.25, -0.2) is 0 Å². The number of fused-ring (bicyclic) bond motifs is 1. The first-order chi connectivity index (χ1) is 11.8. The van der Waals surface area contributed by atoms with Crippen molar-refractivity contribution in [1.29, 1.82) is 0 Å². The van der Waals surface area contributed by atoms with Gasteiger partial charge in [0.1, 0.15) is 6.67 Å². The number of rotatable bonds is 3. The van der Waals surface area contributed by atoms with Gasteiger partial charge in [0.15, 0.2) is 0 Å². The molecule has 2 aromatic carbocycles. The highest BCUT2D eigenvalue weighted by molar-refractivity contribution is 6.43. The number of carbonyl (C=O) groups excluding carboxylic acids is 3. The van der Waals surface area contributed by atoms with Gasteiger partial charge in [-0.2, -0.15) is 0 Å². The molecule has 1 heterocycles. The summed E-state index contributed by atoms with van der Waals surface area (Å²) in [6, 6.07) is 10.0. The number of imide groups is 1. The molecular formula is C18H14Cl2N2O3. The fourth-order valence-corrected chi connectivity index (χ4v) is 3.09. The van der Waals surface area contributed by atoms with Crippen LogP contribution in [0.1, 0.15) is 33.2 Å². The van der Waals surface area contributed by atoms with E-state index in [2.05, 4.69) is 0 Å². The Morgan fingerprint density at radius 1 is 1.04 bits per heavy atom. The summed E-state index contributed by atoms with van der Waals surface area (Å²) in [4.78, 5) is 39.7. The minimum absolute atomic E-state index is 0.179. The van der Waals surface area contributed by atoms with Gasteiger partial charge >= 0.3 is 0 Å². The van der Waals surface area contributed by atoms with Gasteiger partial charge in [-0.05, 0) is 30.7 Å². The number of para-hydroxylation sites is 1. The molecular weight excluding hydrogens is 363 g/mol. The third-order valence-corrected chi connectivity index (χ3v) is 4.80. The van der Waals surface area contributed by atoms with Crippen LogP contribution in [0.15, 0.2) is 36.4 Å². The van der Waals surface area contributed by atoms with Crippen LogP contribution in [-0.4, -0.2) is 29.3 Å². The fourth-order valence-electron chi connectivity index (χ4n) is 2.77. The van der Waals surface area contributed by atoms with Crippen LogP contribution < -0.4 is 4.90 Å². The molecule has 0 radical (unpaired) electrons. The summed E-state index contributed by atoms with van der Waals surface area (Å²) in [7, 11) is 0.